The lowest BCUT2D eigenvalue weighted by Gasteiger charge is -2.23. The van der Waals surface area contributed by atoms with Crippen LogP contribution >= 0.6 is 0 Å². The minimum Gasteiger partial charge on any atom is -0.381 e. The predicted octanol–water partition coefficient (Wildman–Crippen LogP) is 1.06. The Kier molecular flexibility index (Phi) is 4.75. The molecule has 18 heavy (non-hydrogen) atoms. The summed E-state index contributed by atoms with van der Waals surface area (Å²) in [6.45, 7) is 6.83. The van der Waals surface area contributed by atoms with Gasteiger partial charge in [-0.3, -0.25) is 0 Å². The summed E-state index contributed by atoms with van der Waals surface area (Å²) >= 11 is 0. The summed E-state index contributed by atoms with van der Waals surface area (Å²) in [7, 11) is -1.93. The number of nitrogens with zero attached hydrogens (tertiary/aromatic N) is 3. The number of aryl methyl sites for hydroxylation is 1. The summed E-state index contributed by atoms with van der Waals surface area (Å²) in [4.78, 5) is 3.83. The van der Waals surface area contributed by atoms with Crippen LogP contribution in [0.5, 0.6) is 0 Å². The van der Waals surface area contributed by atoms with Crippen molar-refractivity contribution in [2.45, 2.75) is 32.2 Å². The van der Waals surface area contributed by atoms with E-state index in [2.05, 4.69) is 4.98 Å². The Morgan fingerprint density at radius 1 is 1.50 bits per heavy atom. The Hall–Kier alpha value is -1.08. The largest absolute Gasteiger partial charge is 0.381 e. The van der Waals surface area contributed by atoms with Gasteiger partial charge in [0, 0.05) is 20.1 Å². The number of nitrogen functional groups attached to an aromatic ring is 1. The zero-order valence-corrected chi connectivity index (χ0v) is 12.2. The number of sulfonamides is 1. The molecule has 1 heterocycles. The Labute approximate surface area is 109 Å². The molecule has 1 unspecified atom stereocenters. The van der Waals surface area contributed by atoms with Crippen molar-refractivity contribution in [2.75, 3.05) is 18.8 Å². The summed E-state index contributed by atoms with van der Waals surface area (Å²) in [6, 6.07) is 0. The second-order valence-corrected chi connectivity index (χ2v) is 6.37. The van der Waals surface area contributed by atoms with Crippen molar-refractivity contribution in [1.29, 1.82) is 0 Å². The molecule has 0 bridgehead atoms. The van der Waals surface area contributed by atoms with E-state index in [1.54, 1.807) is 7.05 Å². The molecule has 2 N–H and O–H groups in total. The second kappa shape index (κ2) is 5.71. The maximum Gasteiger partial charge on any atom is 0.262 e. The van der Waals surface area contributed by atoms with Crippen LogP contribution in [0.15, 0.2) is 11.4 Å². The Morgan fingerprint density at radius 3 is 2.50 bits per heavy atom. The van der Waals surface area contributed by atoms with E-state index in [-0.39, 0.29) is 10.8 Å². The highest BCUT2D eigenvalue weighted by molar-refractivity contribution is 7.89. The summed E-state index contributed by atoms with van der Waals surface area (Å²) < 4.78 is 27.9. The zero-order chi connectivity index (χ0) is 13.9. The van der Waals surface area contributed by atoms with Gasteiger partial charge in [-0.2, -0.15) is 4.31 Å². The molecule has 7 heteroatoms. The van der Waals surface area contributed by atoms with E-state index in [4.69, 9.17) is 5.73 Å². The van der Waals surface area contributed by atoms with E-state index in [0.717, 1.165) is 6.42 Å². The second-order valence-electron chi connectivity index (χ2n) is 4.51. The molecule has 0 aliphatic carbocycles. The normalized spacial score (nSPS) is 14.1. The van der Waals surface area contributed by atoms with Crippen molar-refractivity contribution in [3.63, 3.8) is 0 Å². The van der Waals surface area contributed by atoms with Crippen LogP contribution in [0.4, 0.5) is 5.82 Å². The summed E-state index contributed by atoms with van der Waals surface area (Å²) in [6.07, 6.45) is 2.35. The fourth-order valence-electron chi connectivity index (χ4n) is 1.75. The lowest BCUT2D eigenvalue weighted by Crippen LogP contribution is -2.35. The molecule has 1 atom stereocenters. The van der Waals surface area contributed by atoms with Crippen molar-refractivity contribution < 1.29 is 8.42 Å². The molecule has 0 saturated carbocycles. The maximum atomic E-state index is 12.5. The third-order valence-electron chi connectivity index (χ3n) is 3.06. The smallest absolute Gasteiger partial charge is 0.262 e. The number of rotatable bonds is 6. The number of anilines is 1. The van der Waals surface area contributed by atoms with Gasteiger partial charge in [-0.1, -0.05) is 27.2 Å². The van der Waals surface area contributed by atoms with Crippen molar-refractivity contribution in [2.24, 2.45) is 13.0 Å². The molecule has 104 valence electrons. The highest BCUT2D eigenvalue weighted by Gasteiger charge is 2.29. The van der Waals surface area contributed by atoms with Gasteiger partial charge in [0.05, 0.1) is 6.33 Å². The number of aromatic nitrogens is 2. The van der Waals surface area contributed by atoms with Crippen molar-refractivity contribution in [3.05, 3.63) is 6.33 Å². The van der Waals surface area contributed by atoms with Crippen LogP contribution in [0.1, 0.15) is 27.2 Å². The highest BCUT2D eigenvalue weighted by Crippen LogP contribution is 2.21. The van der Waals surface area contributed by atoms with Crippen LogP contribution in [-0.2, 0) is 17.1 Å². The molecular formula is C11H22N4O2S. The molecule has 0 fully saturated rings. The number of nitrogens with two attached hydrogens (primary N) is 1. The SMILES string of the molecule is CCC(C)CN(CC)S(=O)(=O)c1c(N)ncn1C. The number of hydrogen-bond donors (Lipinski definition) is 1. The molecule has 1 aromatic heterocycles. The fraction of sp³-hybridized carbons (Fsp3) is 0.727. The van der Waals surface area contributed by atoms with Crippen LogP contribution < -0.4 is 5.73 Å². The van der Waals surface area contributed by atoms with Gasteiger partial charge >= 0.3 is 0 Å². The van der Waals surface area contributed by atoms with Crippen LogP contribution in [-0.4, -0.2) is 35.4 Å². The minimum absolute atomic E-state index is 0.0556. The predicted molar refractivity (Wildman–Crippen MR) is 71.5 cm³/mol. The average molecular weight is 274 g/mol. The molecule has 0 aliphatic heterocycles. The summed E-state index contributed by atoms with van der Waals surface area (Å²) in [5.41, 5.74) is 5.65. The van der Waals surface area contributed by atoms with Gasteiger partial charge in [-0.05, 0) is 5.92 Å². The van der Waals surface area contributed by atoms with E-state index in [1.165, 1.54) is 15.2 Å². The first-order valence-corrected chi connectivity index (χ1v) is 7.55. The molecule has 0 spiro atoms. The molecule has 1 rings (SSSR count). The monoisotopic (exact) mass is 274 g/mol. The first-order valence-electron chi connectivity index (χ1n) is 6.11. The van der Waals surface area contributed by atoms with Gasteiger partial charge in [-0.15, -0.1) is 0 Å². The van der Waals surface area contributed by atoms with Gasteiger partial charge < -0.3 is 10.3 Å². The van der Waals surface area contributed by atoms with Gasteiger partial charge in [-0.25, -0.2) is 13.4 Å². The first-order chi connectivity index (χ1) is 8.34. The third kappa shape index (κ3) is 2.84. The highest BCUT2D eigenvalue weighted by atomic mass is 32.2. The van der Waals surface area contributed by atoms with Crippen molar-refractivity contribution in [1.82, 2.24) is 13.9 Å². The zero-order valence-electron chi connectivity index (χ0n) is 11.4. The van der Waals surface area contributed by atoms with Crippen LogP contribution in [0.2, 0.25) is 0 Å². The van der Waals surface area contributed by atoms with E-state index in [1.807, 2.05) is 20.8 Å². The van der Waals surface area contributed by atoms with Crippen molar-refractivity contribution in [3.8, 4) is 0 Å². The molecular weight excluding hydrogens is 252 g/mol. The molecule has 1 aromatic rings. The molecule has 0 saturated heterocycles. The maximum absolute atomic E-state index is 12.5. The standard InChI is InChI=1S/C11H22N4O2S/c1-5-9(3)7-15(6-2)18(16,17)11-10(12)13-8-14(11)4/h8-9H,5-7,12H2,1-4H3. The van der Waals surface area contributed by atoms with Crippen LogP contribution in [0.3, 0.4) is 0 Å². The lowest BCUT2D eigenvalue weighted by atomic mass is 10.1. The minimum atomic E-state index is -3.57. The number of hydrogen-bond acceptors (Lipinski definition) is 4. The van der Waals surface area contributed by atoms with E-state index in [0.29, 0.717) is 19.0 Å². The quantitative estimate of drug-likeness (QED) is 0.841. The Morgan fingerprint density at radius 2 is 2.11 bits per heavy atom. The topological polar surface area (TPSA) is 81.2 Å². The van der Waals surface area contributed by atoms with Crippen LogP contribution in [0, 0.1) is 5.92 Å². The van der Waals surface area contributed by atoms with Gasteiger partial charge in [0.2, 0.25) is 0 Å². The van der Waals surface area contributed by atoms with E-state index >= 15 is 0 Å². The lowest BCUT2D eigenvalue weighted by molar-refractivity contribution is 0.359. The van der Waals surface area contributed by atoms with E-state index < -0.39 is 10.0 Å². The number of imidazole rings is 1. The summed E-state index contributed by atoms with van der Waals surface area (Å²) in [5, 5.41) is 0.0765. The van der Waals surface area contributed by atoms with Gasteiger partial charge in [0.15, 0.2) is 10.8 Å². The molecule has 6 nitrogen and oxygen atoms in total. The molecule has 0 amide bonds. The van der Waals surface area contributed by atoms with Crippen LogP contribution in [0.25, 0.3) is 0 Å². The van der Waals surface area contributed by atoms with E-state index in [9.17, 15) is 8.42 Å². The van der Waals surface area contributed by atoms with Gasteiger partial charge in [0.1, 0.15) is 0 Å². The van der Waals surface area contributed by atoms with Crippen molar-refractivity contribution >= 4 is 15.8 Å². The third-order valence-corrected chi connectivity index (χ3v) is 5.13. The Balaban J connectivity index is 3.12. The average Bonchev–Trinajstić information content (AvgIpc) is 2.65. The molecule has 0 aromatic carbocycles. The fourth-order valence-corrected chi connectivity index (χ4v) is 3.51. The Bertz CT molecular complexity index is 476. The van der Waals surface area contributed by atoms with Gasteiger partial charge in [0.25, 0.3) is 10.0 Å². The molecule has 0 aliphatic rings. The summed E-state index contributed by atoms with van der Waals surface area (Å²) in [5.74, 6) is 0.370. The molecule has 0 radical (unpaired) electrons. The first kappa shape index (κ1) is 15.0.